The highest BCUT2D eigenvalue weighted by molar-refractivity contribution is 5.76. The minimum Gasteiger partial charge on any atom is -0.396 e. The predicted octanol–water partition coefficient (Wildman–Crippen LogP) is 1.26. The summed E-state index contributed by atoms with van der Waals surface area (Å²) in [4.78, 5) is 11.8. The minimum absolute atomic E-state index is 0.00590. The number of nitrogens with one attached hydrogen (secondary N) is 1. The Morgan fingerprint density at radius 1 is 1.25 bits per heavy atom. The first-order valence-corrected chi connectivity index (χ1v) is 7.31. The van der Waals surface area contributed by atoms with Gasteiger partial charge >= 0.3 is 0 Å². The van der Waals surface area contributed by atoms with E-state index in [1.54, 1.807) is 0 Å². The quantitative estimate of drug-likeness (QED) is 0.733. The molecule has 0 aromatic heterocycles. The zero-order valence-corrected chi connectivity index (χ0v) is 11.7. The molecule has 0 saturated heterocycles. The number of aliphatic hydroxyl groups excluding tert-OH is 2. The molecule has 0 bridgehead atoms. The van der Waals surface area contributed by atoms with Crippen LogP contribution in [0.4, 0.5) is 0 Å². The summed E-state index contributed by atoms with van der Waals surface area (Å²) in [5.41, 5.74) is 1.25. The Hall–Kier alpha value is -1.39. The smallest absolute Gasteiger partial charge is 0.220 e. The number of carbonyl (C=O) groups is 1. The van der Waals surface area contributed by atoms with E-state index in [9.17, 15) is 9.90 Å². The Morgan fingerprint density at radius 3 is 2.65 bits per heavy atom. The molecule has 0 unspecified atom stereocenters. The van der Waals surface area contributed by atoms with Crippen molar-refractivity contribution in [2.24, 2.45) is 5.92 Å². The van der Waals surface area contributed by atoms with E-state index in [1.807, 2.05) is 18.2 Å². The zero-order chi connectivity index (χ0) is 14.4. The van der Waals surface area contributed by atoms with Crippen LogP contribution in [0.5, 0.6) is 0 Å². The van der Waals surface area contributed by atoms with E-state index in [1.165, 1.54) is 5.56 Å². The molecule has 0 aliphatic heterocycles. The summed E-state index contributed by atoms with van der Waals surface area (Å²) in [6, 6.07) is 10.1. The monoisotopic (exact) mass is 277 g/mol. The van der Waals surface area contributed by atoms with E-state index in [0.29, 0.717) is 19.3 Å². The molecule has 1 aliphatic carbocycles. The van der Waals surface area contributed by atoms with Gasteiger partial charge in [-0.1, -0.05) is 30.3 Å². The van der Waals surface area contributed by atoms with Crippen molar-refractivity contribution in [2.75, 3.05) is 6.61 Å². The molecular weight excluding hydrogens is 254 g/mol. The highest BCUT2D eigenvalue weighted by atomic mass is 16.3. The van der Waals surface area contributed by atoms with E-state index in [-0.39, 0.29) is 24.5 Å². The third kappa shape index (κ3) is 4.32. The molecule has 4 heteroatoms. The highest BCUT2D eigenvalue weighted by Crippen LogP contribution is 2.25. The summed E-state index contributed by atoms with van der Waals surface area (Å²) in [5, 5.41) is 21.7. The first kappa shape index (κ1) is 15.0. The Labute approximate surface area is 119 Å². The molecule has 1 amide bonds. The molecule has 3 atom stereocenters. The summed E-state index contributed by atoms with van der Waals surface area (Å²) in [7, 11) is 0. The number of hydrogen-bond donors (Lipinski definition) is 3. The van der Waals surface area contributed by atoms with Crippen molar-refractivity contribution in [2.45, 2.75) is 44.2 Å². The zero-order valence-electron chi connectivity index (χ0n) is 11.7. The highest BCUT2D eigenvalue weighted by Gasteiger charge is 2.32. The molecule has 1 aromatic rings. The van der Waals surface area contributed by atoms with Gasteiger partial charge in [0.25, 0.3) is 0 Å². The van der Waals surface area contributed by atoms with Crippen LogP contribution >= 0.6 is 0 Å². The molecule has 110 valence electrons. The van der Waals surface area contributed by atoms with Crippen LogP contribution in [-0.4, -0.2) is 34.9 Å². The lowest BCUT2D eigenvalue weighted by molar-refractivity contribution is -0.121. The standard InChI is InChI=1S/C16H23NO3/c18-11-13-9-14(10-15(13)19)17-16(20)8-4-7-12-5-2-1-3-6-12/h1-3,5-6,13-15,18-19H,4,7-11H2,(H,17,20)/t13-,14-,15-/m1/s1. The van der Waals surface area contributed by atoms with Crippen LogP contribution in [0.25, 0.3) is 0 Å². The summed E-state index contributed by atoms with van der Waals surface area (Å²) in [5.74, 6) is -0.0543. The molecule has 2 rings (SSSR count). The minimum atomic E-state index is -0.491. The van der Waals surface area contributed by atoms with Crippen LogP contribution in [0.1, 0.15) is 31.2 Å². The van der Waals surface area contributed by atoms with Crippen LogP contribution in [0, 0.1) is 5.92 Å². The summed E-state index contributed by atoms with van der Waals surface area (Å²) in [6.07, 6.45) is 2.97. The fourth-order valence-electron chi connectivity index (χ4n) is 2.81. The molecule has 1 aliphatic rings. The van der Waals surface area contributed by atoms with Crippen LogP contribution in [0.2, 0.25) is 0 Å². The SMILES string of the molecule is O=C(CCCc1ccccc1)N[C@@H]1C[C@H](CO)[C@H](O)C1. The van der Waals surface area contributed by atoms with Crippen molar-refractivity contribution in [3.8, 4) is 0 Å². The van der Waals surface area contributed by atoms with Crippen molar-refractivity contribution in [3.63, 3.8) is 0 Å². The van der Waals surface area contributed by atoms with Crippen molar-refractivity contribution >= 4 is 5.91 Å². The average Bonchev–Trinajstić information content (AvgIpc) is 2.80. The number of aliphatic hydroxyl groups is 2. The molecule has 0 radical (unpaired) electrons. The normalized spacial score (nSPS) is 25.6. The molecule has 0 heterocycles. The number of carbonyl (C=O) groups excluding carboxylic acids is 1. The van der Waals surface area contributed by atoms with Gasteiger partial charge in [-0.05, 0) is 31.2 Å². The largest absolute Gasteiger partial charge is 0.396 e. The first-order valence-electron chi connectivity index (χ1n) is 7.31. The van der Waals surface area contributed by atoms with Crippen LogP contribution in [-0.2, 0) is 11.2 Å². The third-order valence-corrected chi connectivity index (χ3v) is 3.97. The lowest BCUT2D eigenvalue weighted by Gasteiger charge is -2.12. The Balaban J connectivity index is 1.66. The van der Waals surface area contributed by atoms with Crippen molar-refractivity contribution < 1.29 is 15.0 Å². The van der Waals surface area contributed by atoms with Crippen LogP contribution in [0.15, 0.2) is 30.3 Å². The molecule has 0 spiro atoms. The van der Waals surface area contributed by atoms with Crippen molar-refractivity contribution in [3.05, 3.63) is 35.9 Å². The molecule has 1 saturated carbocycles. The molecular formula is C16H23NO3. The molecule has 1 aromatic carbocycles. The average molecular weight is 277 g/mol. The van der Waals surface area contributed by atoms with Crippen LogP contribution < -0.4 is 5.32 Å². The number of rotatable bonds is 6. The predicted molar refractivity (Wildman–Crippen MR) is 77.1 cm³/mol. The van der Waals surface area contributed by atoms with Gasteiger partial charge in [0.2, 0.25) is 5.91 Å². The van der Waals surface area contributed by atoms with E-state index in [2.05, 4.69) is 17.4 Å². The lowest BCUT2D eigenvalue weighted by Crippen LogP contribution is -2.33. The van der Waals surface area contributed by atoms with Crippen LogP contribution in [0.3, 0.4) is 0 Å². The van der Waals surface area contributed by atoms with E-state index >= 15 is 0 Å². The number of benzene rings is 1. The van der Waals surface area contributed by atoms with Crippen molar-refractivity contribution in [1.82, 2.24) is 5.32 Å². The molecule has 1 fully saturated rings. The third-order valence-electron chi connectivity index (χ3n) is 3.97. The van der Waals surface area contributed by atoms with Gasteiger partial charge in [0.15, 0.2) is 0 Å². The van der Waals surface area contributed by atoms with E-state index < -0.39 is 6.10 Å². The maximum Gasteiger partial charge on any atom is 0.220 e. The first-order chi connectivity index (χ1) is 9.69. The van der Waals surface area contributed by atoms with Gasteiger partial charge in [-0.25, -0.2) is 0 Å². The summed E-state index contributed by atoms with van der Waals surface area (Å²) in [6.45, 7) is -0.0124. The molecule has 3 N–H and O–H groups in total. The van der Waals surface area contributed by atoms with Crippen molar-refractivity contribution in [1.29, 1.82) is 0 Å². The number of aryl methyl sites for hydroxylation is 1. The number of amides is 1. The molecule has 20 heavy (non-hydrogen) atoms. The van der Waals surface area contributed by atoms with Gasteiger partial charge < -0.3 is 15.5 Å². The summed E-state index contributed by atoms with van der Waals surface area (Å²) < 4.78 is 0. The van der Waals surface area contributed by atoms with Gasteiger partial charge in [-0.3, -0.25) is 4.79 Å². The Kier molecular flexibility index (Phi) is 5.56. The van der Waals surface area contributed by atoms with E-state index in [4.69, 9.17) is 5.11 Å². The fourth-order valence-corrected chi connectivity index (χ4v) is 2.81. The maximum absolute atomic E-state index is 11.8. The van der Waals surface area contributed by atoms with Gasteiger partial charge in [0.1, 0.15) is 0 Å². The van der Waals surface area contributed by atoms with Gasteiger partial charge in [0.05, 0.1) is 6.10 Å². The lowest BCUT2D eigenvalue weighted by atomic mass is 10.1. The topological polar surface area (TPSA) is 69.6 Å². The second-order valence-corrected chi connectivity index (χ2v) is 5.58. The maximum atomic E-state index is 11.8. The Morgan fingerprint density at radius 2 is 2.00 bits per heavy atom. The molecule has 4 nitrogen and oxygen atoms in total. The van der Waals surface area contributed by atoms with Gasteiger partial charge in [-0.15, -0.1) is 0 Å². The van der Waals surface area contributed by atoms with Gasteiger partial charge in [0, 0.05) is 25.0 Å². The summed E-state index contributed by atoms with van der Waals surface area (Å²) >= 11 is 0. The Bertz CT molecular complexity index is 421. The van der Waals surface area contributed by atoms with Gasteiger partial charge in [-0.2, -0.15) is 0 Å². The second-order valence-electron chi connectivity index (χ2n) is 5.58. The van der Waals surface area contributed by atoms with E-state index in [0.717, 1.165) is 12.8 Å². The number of hydrogen-bond acceptors (Lipinski definition) is 3. The second kappa shape index (κ2) is 7.41. The fraction of sp³-hybridized carbons (Fsp3) is 0.562.